The summed E-state index contributed by atoms with van der Waals surface area (Å²) in [6.07, 6.45) is 0. The highest BCUT2D eigenvalue weighted by Gasteiger charge is 2.14. The molecule has 0 unspecified atom stereocenters. The van der Waals surface area contributed by atoms with Gasteiger partial charge >= 0.3 is 0 Å². The van der Waals surface area contributed by atoms with E-state index in [-0.39, 0.29) is 18.1 Å². The number of rotatable bonds is 18. The smallest absolute Gasteiger partial charge is 0.297 e. The van der Waals surface area contributed by atoms with Crippen LogP contribution in [0.1, 0.15) is 5.56 Å². The van der Waals surface area contributed by atoms with E-state index in [0.29, 0.717) is 64.3 Å². The summed E-state index contributed by atoms with van der Waals surface area (Å²) in [5, 5.41) is 0. The molecule has 0 saturated carbocycles. The van der Waals surface area contributed by atoms with Crippen molar-refractivity contribution in [2.75, 3.05) is 71.8 Å². The van der Waals surface area contributed by atoms with Gasteiger partial charge < -0.3 is 29.4 Å². The minimum atomic E-state index is -3.76. The zero-order valence-electron chi connectivity index (χ0n) is 18.9. The molecule has 0 aliphatic heterocycles. The van der Waals surface area contributed by atoms with Gasteiger partial charge in [-0.1, -0.05) is 29.8 Å². The van der Waals surface area contributed by atoms with E-state index in [1.54, 1.807) is 18.2 Å². The Hall–Kier alpha value is -2.21. The molecule has 0 bridgehead atoms. The van der Waals surface area contributed by atoms with Crippen LogP contribution in [0.2, 0.25) is 0 Å². The molecule has 184 valence electrons. The Morgan fingerprint density at radius 1 is 0.667 bits per heavy atom. The number of anilines is 1. The Kier molecular flexibility index (Phi) is 12.8. The maximum absolute atomic E-state index is 12.0. The molecule has 0 amide bonds. The van der Waals surface area contributed by atoms with E-state index in [9.17, 15) is 8.42 Å². The quantitative estimate of drug-likeness (QED) is 0.194. The van der Waals surface area contributed by atoms with E-state index >= 15 is 0 Å². The lowest BCUT2D eigenvalue weighted by Gasteiger charge is -2.09. The number of nitrogens with two attached hydrogens (primary N) is 1. The summed E-state index contributed by atoms with van der Waals surface area (Å²) >= 11 is 0. The van der Waals surface area contributed by atoms with Crippen LogP contribution in [0.3, 0.4) is 0 Å². The monoisotopic (exact) mass is 483 g/mol. The van der Waals surface area contributed by atoms with Crippen molar-refractivity contribution < 1.29 is 36.3 Å². The first kappa shape index (κ1) is 27.0. The summed E-state index contributed by atoms with van der Waals surface area (Å²) in [6, 6.07) is 13.8. The van der Waals surface area contributed by atoms with Crippen LogP contribution in [0.5, 0.6) is 5.75 Å². The molecule has 9 nitrogen and oxygen atoms in total. The van der Waals surface area contributed by atoms with Crippen LogP contribution in [-0.4, -0.2) is 74.5 Å². The molecule has 0 heterocycles. The van der Waals surface area contributed by atoms with E-state index in [0.717, 1.165) is 5.56 Å². The van der Waals surface area contributed by atoms with Crippen molar-refractivity contribution in [2.24, 2.45) is 0 Å². The maximum Gasteiger partial charge on any atom is 0.297 e. The fraction of sp³-hybridized carbons (Fsp3) is 0.478. The van der Waals surface area contributed by atoms with Crippen LogP contribution in [-0.2, 0) is 33.2 Å². The first-order valence-electron chi connectivity index (χ1n) is 10.7. The third-order valence-electron chi connectivity index (χ3n) is 4.30. The van der Waals surface area contributed by atoms with Crippen molar-refractivity contribution in [2.45, 2.75) is 11.8 Å². The number of nitrogen functional groups attached to an aromatic ring is 1. The lowest BCUT2D eigenvalue weighted by atomic mass is 10.2. The van der Waals surface area contributed by atoms with Crippen molar-refractivity contribution >= 4 is 15.8 Å². The Morgan fingerprint density at radius 3 is 1.70 bits per heavy atom. The highest BCUT2D eigenvalue weighted by molar-refractivity contribution is 7.86. The highest BCUT2D eigenvalue weighted by atomic mass is 32.2. The summed E-state index contributed by atoms with van der Waals surface area (Å²) in [5.41, 5.74) is 7.37. The lowest BCUT2D eigenvalue weighted by molar-refractivity contribution is -0.00680. The van der Waals surface area contributed by atoms with Gasteiger partial charge in [-0.3, -0.25) is 4.18 Å². The third-order valence-corrected chi connectivity index (χ3v) is 5.62. The SMILES string of the molecule is Cc1ccc(S(=O)(=O)OCCOCCOCCOCCOCCOc2ccccc2N)cc1. The fourth-order valence-corrected chi connectivity index (χ4v) is 3.45. The first-order valence-corrected chi connectivity index (χ1v) is 12.1. The summed E-state index contributed by atoms with van der Waals surface area (Å²) < 4.78 is 56.0. The van der Waals surface area contributed by atoms with Gasteiger partial charge in [0.2, 0.25) is 0 Å². The maximum atomic E-state index is 12.0. The molecule has 0 aromatic heterocycles. The number of para-hydroxylation sites is 2. The molecule has 2 aromatic carbocycles. The normalized spacial score (nSPS) is 11.5. The van der Waals surface area contributed by atoms with Crippen LogP contribution in [0.15, 0.2) is 53.4 Å². The number of benzene rings is 2. The molecule has 0 fully saturated rings. The van der Waals surface area contributed by atoms with Crippen molar-refractivity contribution in [1.82, 2.24) is 0 Å². The van der Waals surface area contributed by atoms with Gasteiger partial charge in [-0.2, -0.15) is 8.42 Å². The van der Waals surface area contributed by atoms with Crippen molar-refractivity contribution in [3.8, 4) is 5.75 Å². The third kappa shape index (κ3) is 11.5. The zero-order valence-corrected chi connectivity index (χ0v) is 19.8. The van der Waals surface area contributed by atoms with Gasteiger partial charge in [0.25, 0.3) is 10.1 Å². The average molecular weight is 484 g/mol. The molecule has 0 aliphatic carbocycles. The van der Waals surface area contributed by atoms with Gasteiger partial charge in [-0.05, 0) is 31.2 Å². The standard InChI is InChI=1S/C23H33NO8S/c1-20-6-8-21(9-7-20)33(25,26)32-19-17-30-15-13-28-11-10-27-12-14-29-16-18-31-23-5-3-2-4-22(23)24/h2-9H,10-19,24H2,1H3. The van der Waals surface area contributed by atoms with Gasteiger partial charge in [0.1, 0.15) is 12.4 Å². The molecule has 0 atom stereocenters. The second kappa shape index (κ2) is 15.6. The van der Waals surface area contributed by atoms with Gasteiger partial charge in [0, 0.05) is 0 Å². The van der Waals surface area contributed by atoms with Gasteiger partial charge in [-0.25, -0.2) is 0 Å². The largest absolute Gasteiger partial charge is 0.489 e. The molecule has 10 heteroatoms. The van der Waals surface area contributed by atoms with Gasteiger partial charge in [-0.15, -0.1) is 0 Å². The second-order valence-corrected chi connectivity index (χ2v) is 8.54. The highest BCUT2D eigenvalue weighted by Crippen LogP contribution is 2.19. The molecule has 0 radical (unpaired) electrons. The number of hydrogen-bond donors (Lipinski definition) is 1. The Bertz CT molecular complexity index is 890. The van der Waals surface area contributed by atoms with E-state index in [1.807, 2.05) is 25.1 Å². The van der Waals surface area contributed by atoms with Crippen molar-refractivity contribution in [3.05, 3.63) is 54.1 Å². The zero-order chi connectivity index (χ0) is 23.8. The van der Waals surface area contributed by atoms with Crippen LogP contribution < -0.4 is 10.5 Å². The molecule has 2 N–H and O–H groups in total. The van der Waals surface area contributed by atoms with Crippen LogP contribution in [0, 0.1) is 6.92 Å². The summed E-state index contributed by atoms with van der Waals surface area (Å²) in [7, 11) is -3.76. The summed E-state index contributed by atoms with van der Waals surface area (Å²) in [4.78, 5) is 0.132. The molecule has 0 saturated heterocycles. The molecule has 2 rings (SSSR count). The number of hydrogen-bond acceptors (Lipinski definition) is 9. The average Bonchev–Trinajstić information content (AvgIpc) is 2.80. The first-order chi connectivity index (χ1) is 16.0. The Labute approximate surface area is 195 Å². The van der Waals surface area contributed by atoms with Crippen molar-refractivity contribution in [1.29, 1.82) is 0 Å². The summed E-state index contributed by atoms with van der Waals surface area (Å²) in [5.74, 6) is 0.651. The van der Waals surface area contributed by atoms with Crippen LogP contribution in [0.4, 0.5) is 5.69 Å². The predicted molar refractivity (Wildman–Crippen MR) is 124 cm³/mol. The fourth-order valence-electron chi connectivity index (χ4n) is 2.56. The van der Waals surface area contributed by atoms with E-state index in [1.165, 1.54) is 12.1 Å². The number of aryl methyl sites for hydroxylation is 1. The van der Waals surface area contributed by atoms with Crippen molar-refractivity contribution in [3.63, 3.8) is 0 Å². The predicted octanol–water partition coefficient (Wildman–Crippen LogP) is 2.43. The summed E-state index contributed by atoms with van der Waals surface area (Å²) in [6.45, 7) is 5.36. The van der Waals surface area contributed by atoms with Crippen LogP contribution >= 0.6 is 0 Å². The molecule has 2 aromatic rings. The molecular weight excluding hydrogens is 450 g/mol. The van der Waals surface area contributed by atoms with Gasteiger partial charge in [0.15, 0.2) is 0 Å². The van der Waals surface area contributed by atoms with Gasteiger partial charge in [0.05, 0.1) is 70.0 Å². The van der Waals surface area contributed by atoms with E-state index < -0.39 is 10.1 Å². The minimum absolute atomic E-state index is 0.0525. The topological polar surface area (TPSA) is 116 Å². The lowest BCUT2D eigenvalue weighted by Crippen LogP contribution is -2.15. The Balaban J connectivity index is 1.34. The van der Waals surface area contributed by atoms with E-state index in [4.69, 9.17) is 33.6 Å². The number of ether oxygens (including phenoxy) is 5. The minimum Gasteiger partial charge on any atom is -0.489 e. The molecule has 33 heavy (non-hydrogen) atoms. The molecule has 0 spiro atoms. The van der Waals surface area contributed by atoms with Crippen LogP contribution in [0.25, 0.3) is 0 Å². The van der Waals surface area contributed by atoms with E-state index in [2.05, 4.69) is 0 Å². The molecule has 0 aliphatic rings. The Morgan fingerprint density at radius 2 is 1.15 bits per heavy atom. The second-order valence-electron chi connectivity index (χ2n) is 6.92. The molecular formula is C23H33NO8S.